The van der Waals surface area contributed by atoms with Crippen molar-refractivity contribution >= 4 is 29.1 Å². The van der Waals surface area contributed by atoms with Crippen molar-refractivity contribution in [3.8, 4) is 0 Å². The maximum absolute atomic E-state index is 11.6. The van der Waals surface area contributed by atoms with Crippen LogP contribution < -0.4 is 0 Å². The van der Waals surface area contributed by atoms with Gasteiger partial charge in [0, 0.05) is 27.0 Å². The second kappa shape index (κ2) is 7.70. The van der Waals surface area contributed by atoms with Crippen LogP contribution in [0.5, 0.6) is 0 Å². The number of esters is 3. The topological polar surface area (TPSA) is 119 Å². The average Bonchev–Trinajstić information content (AvgIpc) is 3.15. The van der Waals surface area contributed by atoms with E-state index in [1.165, 1.54) is 27.1 Å². The van der Waals surface area contributed by atoms with Crippen molar-refractivity contribution in [3.05, 3.63) is 24.7 Å². The smallest absolute Gasteiger partial charge is 0.303 e. The Labute approximate surface area is 154 Å². The SMILES string of the molecule is CC(=O)OC[C@H]1O[C@@H](n2cnc3cccnc32)[C@H](OC(C)=O)[C@@H]1OC(C)=O. The summed E-state index contributed by atoms with van der Waals surface area (Å²) in [6.45, 7) is 3.56. The number of carbonyl (C=O) groups is 3. The molecule has 0 aromatic carbocycles. The van der Waals surface area contributed by atoms with Crippen molar-refractivity contribution < 1.29 is 33.3 Å². The predicted molar refractivity (Wildman–Crippen MR) is 89.2 cm³/mol. The van der Waals surface area contributed by atoms with Gasteiger partial charge in [-0.25, -0.2) is 9.97 Å². The van der Waals surface area contributed by atoms with Crippen molar-refractivity contribution in [2.24, 2.45) is 0 Å². The van der Waals surface area contributed by atoms with Gasteiger partial charge in [-0.05, 0) is 12.1 Å². The Balaban J connectivity index is 1.98. The molecule has 1 saturated heterocycles. The molecule has 3 rings (SSSR count). The summed E-state index contributed by atoms with van der Waals surface area (Å²) in [5.74, 6) is -1.67. The van der Waals surface area contributed by atoms with Gasteiger partial charge < -0.3 is 18.9 Å². The standard InChI is InChI=1S/C17H19N3O7/c1-9(21)24-7-13-14(25-10(2)22)15(26-11(3)23)17(27-13)20-8-19-12-5-4-6-18-16(12)20/h4-6,8,13-15,17H,7H2,1-3H3/t13-,14-,15-,17-/m1/s1. The van der Waals surface area contributed by atoms with Crippen LogP contribution in [0.4, 0.5) is 0 Å². The summed E-state index contributed by atoms with van der Waals surface area (Å²) in [4.78, 5) is 42.9. The van der Waals surface area contributed by atoms with E-state index in [1.54, 1.807) is 22.9 Å². The highest BCUT2D eigenvalue weighted by molar-refractivity contribution is 5.70. The fourth-order valence-electron chi connectivity index (χ4n) is 2.97. The van der Waals surface area contributed by atoms with Gasteiger partial charge in [0.2, 0.25) is 0 Å². The van der Waals surface area contributed by atoms with Crippen LogP contribution in [-0.2, 0) is 33.3 Å². The maximum Gasteiger partial charge on any atom is 0.303 e. The van der Waals surface area contributed by atoms with Crippen LogP contribution in [0, 0.1) is 0 Å². The van der Waals surface area contributed by atoms with Crippen LogP contribution >= 0.6 is 0 Å². The minimum Gasteiger partial charge on any atom is -0.463 e. The van der Waals surface area contributed by atoms with E-state index in [-0.39, 0.29) is 6.61 Å². The molecule has 3 heterocycles. The molecule has 4 atom stereocenters. The van der Waals surface area contributed by atoms with E-state index in [4.69, 9.17) is 18.9 Å². The Morgan fingerprint density at radius 1 is 1.07 bits per heavy atom. The molecule has 0 aliphatic carbocycles. The molecule has 2 aromatic rings. The first-order valence-corrected chi connectivity index (χ1v) is 8.27. The van der Waals surface area contributed by atoms with Crippen molar-refractivity contribution in [1.29, 1.82) is 0 Å². The highest BCUT2D eigenvalue weighted by atomic mass is 16.7. The van der Waals surface area contributed by atoms with Crippen LogP contribution in [0.2, 0.25) is 0 Å². The Morgan fingerprint density at radius 3 is 2.44 bits per heavy atom. The van der Waals surface area contributed by atoms with E-state index in [0.29, 0.717) is 11.2 Å². The van der Waals surface area contributed by atoms with Crippen molar-refractivity contribution in [2.45, 2.75) is 45.3 Å². The minimum atomic E-state index is -0.966. The second-order valence-electron chi connectivity index (χ2n) is 6.01. The Bertz CT molecular complexity index is 865. The third kappa shape index (κ3) is 4.05. The quantitative estimate of drug-likeness (QED) is 0.549. The molecule has 0 spiro atoms. The lowest BCUT2D eigenvalue weighted by atomic mass is 10.1. The Morgan fingerprint density at radius 2 is 1.78 bits per heavy atom. The molecule has 0 N–H and O–H groups in total. The molecule has 2 aromatic heterocycles. The summed E-state index contributed by atoms with van der Waals surface area (Å²) in [6, 6.07) is 3.51. The van der Waals surface area contributed by atoms with Gasteiger partial charge in [0.25, 0.3) is 0 Å². The van der Waals surface area contributed by atoms with Gasteiger partial charge in [-0.3, -0.25) is 19.0 Å². The molecule has 0 unspecified atom stereocenters. The zero-order chi connectivity index (χ0) is 19.6. The number of hydrogen-bond acceptors (Lipinski definition) is 9. The second-order valence-corrected chi connectivity index (χ2v) is 6.01. The van der Waals surface area contributed by atoms with E-state index < -0.39 is 42.4 Å². The van der Waals surface area contributed by atoms with Gasteiger partial charge in [-0.2, -0.15) is 0 Å². The van der Waals surface area contributed by atoms with Crippen molar-refractivity contribution in [3.63, 3.8) is 0 Å². The molecular weight excluding hydrogens is 358 g/mol. The molecule has 0 amide bonds. The lowest BCUT2D eigenvalue weighted by Crippen LogP contribution is -2.40. The summed E-state index contributed by atoms with van der Waals surface area (Å²) >= 11 is 0. The molecule has 10 nitrogen and oxygen atoms in total. The zero-order valence-corrected chi connectivity index (χ0v) is 15.0. The number of rotatable bonds is 5. The van der Waals surface area contributed by atoms with Gasteiger partial charge in [-0.15, -0.1) is 0 Å². The van der Waals surface area contributed by atoms with Gasteiger partial charge in [0.05, 0.1) is 6.33 Å². The van der Waals surface area contributed by atoms with Crippen LogP contribution in [-0.4, -0.2) is 57.4 Å². The molecule has 0 bridgehead atoms. The van der Waals surface area contributed by atoms with E-state index in [2.05, 4.69) is 9.97 Å². The van der Waals surface area contributed by atoms with Crippen LogP contribution in [0.1, 0.15) is 27.0 Å². The van der Waals surface area contributed by atoms with Crippen molar-refractivity contribution in [1.82, 2.24) is 14.5 Å². The fourth-order valence-corrected chi connectivity index (χ4v) is 2.97. The van der Waals surface area contributed by atoms with E-state index >= 15 is 0 Å². The van der Waals surface area contributed by atoms with E-state index in [1.807, 2.05) is 0 Å². The van der Waals surface area contributed by atoms with Crippen LogP contribution in [0.25, 0.3) is 11.2 Å². The summed E-state index contributed by atoms with van der Waals surface area (Å²) in [5, 5.41) is 0. The highest BCUT2D eigenvalue weighted by Gasteiger charge is 2.50. The molecule has 144 valence electrons. The molecule has 1 aliphatic heterocycles. The molecule has 0 radical (unpaired) electrons. The van der Waals surface area contributed by atoms with Gasteiger partial charge in [-0.1, -0.05) is 0 Å². The first-order valence-electron chi connectivity index (χ1n) is 8.27. The third-order valence-electron chi connectivity index (χ3n) is 3.95. The average molecular weight is 377 g/mol. The minimum absolute atomic E-state index is 0.165. The number of nitrogens with zero attached hydrogens (tertiary/aromatic N) is 3. The number of hydrogen-bond donors (Lipinski definition) is 0. The van der Waals surface area contributed by atoms with Crippen molar-refractivity contribution in [2.75, 3.05) is 6.61 Å². The number of carbonyl (C=O) groups excluding carboxylic acids is 3. The maximum atomic E-state index is 11.6. The van der Waals surface area contributed by atoms with Gasteiger partial charge in [0.15, 0.2) is 24.1 Å². The van der Waals surface area contributed by atoms with Crippen LogP contribution in [0.15, 0.2) is 24.7 Å². The monoisotopic (exact) mass is 377 g/mol. The highest BCUT2D eigenvalue weighted by Crippen LogP contribution is 2.35. The summed E-state index contributed by atoms with van der Waals surface area (Å²) < 4.78 is 23.3. The first kappa shape index (κ1) is 18.8. The number of pyridine rings is 1. The normalized spacial score (nSPS) is 24.6. The molecular formula is C17H19N3O7. The lowest BCUT2D eigenvalue weighted by molar-refractivity contribution is -0.166. The Kier molecular flexibility index (Phi) is 5.36. The number of fused-ring (bicyclic) bond motifs is 1. The largest absolute Gasteiger partial charge is 0.463 e. The van der Waals surface area contributed by atoms with E-state index in [9.17, 15) is 14.4 Å². The molecule has 27 heavy (non-hydrogen) atoms. The van der Waals surface area contributed by atoms with Gasteiger partial charge in [0.1, 0.15) is 18.2 Å². The van der Waals surface area contributed by atoms with Crippen LogP contribution in [0.3, 0.4) is 0 Å². The number of aromatic nitrogens is 3. The summed E-state index contributed by atoms with van der Waals surface area (Å²) in [7, 11) is 0. The Hall–Kier alpha value is -3.01. The number of ether oxygens (including phenoxy) is 4. The molecule has 10 heteroatoms. The summed E-state index contributed by atoms with van der Waals surface area (Å²) in [5.41, 5.74) is 1.13. The first-order chi connectivity index (χ1) is 12.9. The van der Waals surface area contributed by atoms with E-state index in [0.717, 1.165) is 0 Å². The molecule has 1 fully saturated rings. The molecule has 1 aliphatic rings. The lowest BCUT2D eigenvalue weighted by Gasteiger charge is -2.23. The fraction of sp³-hybridized carbons (Fsp3) is 0.471. The number of imidazole rings is 1. The zero-order valence-electron chi connectivity index (χ0n) is 15.0. The third-order valence-corrected chi connectivity index (χ3v) is 3.95. The summed E-state index contributed by atoms with van der Waals surface area (Å²) in [6.07, 6.45) is -0.524. The predicted octanol–water partition coefficient (Wildman–Crippen LogP) is 0.755. The molecule has 0 saturated carbocycles. The van der Waals surface area contributed by atoms with Gasteiger partial charge >= 0.3 is 17.9 Å².